The van der Waals surface area contributed by atoms with Gasteiger partial charge >= 0.3 is 6.03 Å². The van der Waals surface area contributed by atoms with E-state index in [0.717, 1.165) is 22.0 Å². The number of hydrogen-bond donors (Lipinski definition) is 3. The van der Waals surface area contributed by atoms with E-state index in [-0.39, 0.29) is 0 Å². The van der Waals surface area contributed by atoms with Crippen LogP contribution in [0.25, 0.3) is 22.0 Å². The van der Waals surface area contributed by atoms with Gasteiger partial charge in [-0.2, -0.15) is 5.10 Å². The number of nitrogen functional groups attached to an aromatic ring is 1. The summed E-state index contributed by atoms with van der Waals surface area (Å²) in [5, 5.41) is 10.4. The Kier molecular flexibility index (Phi) is 4.36. The minimum absolute atomic E-state index is 0.374. The summed E-state index contributed by atoms with van der Waals surface area (Å²) in [4.78, 5) is 16.3. The van der Waals surface area contributed by atoms with Crippen molar-refractivity contribution in [2.75, 3.05) is 16.4 Å². The first-order valence-corrected chi connectivity index (χ1v) is 8.51. The third kappa shape index (κ3) is 3.35. The molecule has 2 heterocycles. The zero-order valence-electron chi connectivity index (χ0n) is 15.0. The molecule has 4 aromatic rings. The minimum Gasteiger partial charge on any atom is -0.382 e. The fourth-order valence-corrected chi connectivity index (χ4v) is 3.04. The second-order valence-corrected chi connectivity index (χ2v) is 6.26. The summed E-state index contributed by atoms with van der Waals surface area (Å²) < 4.78 is 14.9. The molecular formula is C20H17FN6O. The number of anilines is 3. The molecule has 0 saturated heterocycles. The number of nitrogens with zero attached hydrogens (tertiary/aromatic N) is 3. The Bertz CT molecular complexity index is 1170. The van der Waals surface area contributed by atoms with Crippen molar-refractivity contribution in [2.45, 2.75) is 0 Å². The van der Waals surface area contributed by atoms with Gasteiger partial charge in [0.2, 0.25) is 0 Å². The van der Waals surface area contributed by atoms with Crippen molar-refractivity contribution in [2.24, 2.45) is 7.05 Å². The zero-order chi connectivity index (χ0) is 19.7. The first-order valence-electron chi connectivity index (χ1n) is 8.51. The second-order valence-electron chi connectivity index (χ2n) is 6.26. The molecule has 7 nitrogen and oxygen atoms in total. The molecule has 0 spiro atoms. The Hall–Kier alpha value is -3.94. The number of fused-ring (bicyclic) bond motifs is 1. The number of pyridine rings is 1. The number of halogens is 1. The van der Waals surface area contributed by atoms with Crippen LogP contribution in [0.3, 0.4) is 0 Å². The summed E-state index contributed by atoms with van der Waals surface area (Å²) in [5.74, 6) is 0.0196. The Morgan fingerprint density at radius 1 is 1.07 bits per heavy atom. The second kappa shape index (κ2) is 6.99. The quantitative estimate of drug-likeness (QED) is 0.503. The number of nitrogens with one attached hydrogen (secondary N) is 2. The molecule has 0 aliphatic rings. The predicted octanol–water partition coefficient (Wildman–Crippen LogP) is 4.00. The number of aryl methyl sites for hydroxylation is 1. The number of urea groups is 1. The lowest BCUT2D eigenvalue weighted by Gasteiger charge is -2.09. The van der Waals surface area contributed by atoms with Gasteiger partial charge in [-0.25, -0.2) is 9.18 Å². The lowest BCUT2D eigenvalue weighted by molar-refractivity contribution is 0.262. The molecule has 0 atom stereocenters. The van der Waals surface area contributed by atoms with Crippen LogP contribution in [0.2, 0.25) is 0 Å². The maximum atomic E-state index is 13.2. The molecule has 2 aromatic heterocycles. The van der Waals surface area contributed by atoms with Gasteiger partial charge in [-0.15, -0.1) is 0 Å². The number of aromatic nitrogens is 3. The highest BCUT2D eigenvalue weighted by atomic mass is 19.1. The topological polar surface area (TPSA) is 97.9 Å². The molecular weight excluding hydrogens is 359 g/mol. The highest BCUT2D eigenvalue weighted by Gasteiger charge is 2.12. The SMILES string of the molecule is Cn1nc(N)c2c(-c3ccc(NC(=O)Nc4cccc(F)c4)cc3)cncc21. The molecule has 2 aromatic carbocycles. The minimum atomic E-state index is -0.460. The van der Waals surface area contributed by atoms with Gasteiger partial charge in [-0.05, 0) is 35.9 Å². The fourth-order valence-electron chi connectivity index (χ4n) is 3.04. The van der Waals surface area contributed by atoms with Gasteiger partial charge in [-0.1, -0.05) is 18.2 Å². The van der Waals surface area contributed by atoms with Crippen LogP contribution in [-0.2, 0) is 7.05 Å². The zero-order valence-corrected chi connectivity index (χ0v) is 15.0. The van der Waals surface area contributed by atoms with Crippen molar-refractivity contribution >= 4 is 34.1 Å². The number of benzene rings is 2. The predicted molar refractivity (Wildman–Crippen MR) is 107 cm³/mol. The first kappa shape index (κ1) is 17.5. The van der Waals surface area contributed by atoms with Crippen LogP contribution >= 0.6 is 0 Å². The van der Waals surface area contributed by atoms with E-state index in [1.54, 1.807) is 35.3 Å². The number of rotatable bonds is 3. The van der Waals surface area contributed by atoms with Crippen LogP contribution in [0.5, 0.6) is 0 Å². The number of carbonyl (C=O) groups is 1. The van der Waals surface area contributed by atoms with Crippen molar-refractivity contribution < 1.29 is 9.18 Å². The van der Waals surface area contributed by atoms with Gasteiger partial charge in [-0.3, -0.25) is 9.67 Å². The van der Waals surface area contributed by atoms with E-state index in [1.165, 1.54) is 18.2 Å². The van der Waals surface area contributed by atoms with Crippen molar-refractivity contribution in [3.63, 3.8) is 0 Å². The molecule has 8 heteroatoms. The number of hydrogen-bond acceptors (Lipinski definition) is 4. The maximum absolute atomic E-state index is 13.2. The molecule has 0 bridgehead atoms. The maximum Gasteiger partial charge on any atom is 0.323 e. The molecule has 0 radical (unpaired) electrons. The fraction of sp³-hybridized carbons (Fsp3) is 0.0500. The number of carbonyl (C=O) groups excluding carboxylic acids is 1. The average molecular weight is 376 g/mol. The molecule has 4 rings (SSSR count). The van der Waals surface area contributed by atoms with E-state index in [1.807, 2.05) is 19.2 Å². The van der Waals surface area contributed by atoms with Crippen molar-refractivity contribution in [3.8, 4) is 11.1 Å². The van der Waals surface area contributed by atoms with E-state index in [9.17, 15) is 9.18 Å². The number of amides is 2. The molecule has 0 aliphatic carbocycles. The first-order chi connectivity index (χ1) is 13.5. The van der Waals surface area contributed by atoms with E-state index in [0.29, 0.717) is 17.2 Å². The molecule has 0 saturated carbocycles. The van der Waals surface area contributed by atoms with E-state index in [2.05, 4.69) is 20.7 Å². The Morgan fingerprint density at radius 2 is 1.82 bits per heavy atom. The Labute approximate surface area is 160 Å². The van der Waals surface area contributed by atoms with Crippen LogP contribution in [0.1, 0.15) is 0 Å². The van der Waals surface area contributed by atoms with E-state index >= 15 is 0 Å². The summed E-state index contributed by atoms with van der Waals surface area (Å²) >= 11 is 0. The van der Waals surface area contributed by atoms with Gasteiger partial charge in [0.1, 0.15) is 5.82 Å². The summed E-state index contributed by atoms with van der Waals surface area (Å²) in [6.45, 7) is 0. The lowest BCUT2D eigenvalue weighted by Crippen LogP contribution is -2.19. The average Bonchev–Trinajstić information content (AvgIpc) is 2.96. The van der Waals surface area contributed by atoms with Crippen molar-refractivity contribution in [1.29, 1.82) is 0 Å². The van der Waals surface area contributed by atoms with Gasteiger partial charge in [0.15, 0.2) is 5.82 Å². The smallest absolute Gasteiger partial charge is 0.323 e. The summed E-state index contributed by atoms with van der Waals surface area (Å²) in [5.41, 5.74) is 9.61. The third-order valence-electron chi connectivity index (χ3n) is 4.32. The van der Waals surface area contributed by atoms with Gasteiger partial charge in [0.25, 0.3) is 0 Å². The van der Waals surface area contributed by atoms with Crippen molar-refractivity contribution in [3.05, 3.63) is 66.7 Å². The number of nitrogens with two attached hydrogens (primary N) is 1. The highest BCUT2D eigenvalue weighted by Crippen LogP contribution is 2.31. The molecule has 2 amide bonds. The van der Waals surface area contributed by atoms with Gasteiger partial charge in [0, 0.05) is 30.2 Å². The molecule has 0 unspecified atom stereocenters. The molecule has 140 valence electrons. The van der Waals surface area contributed by atoms with E-state index < -0.39 is 11.8 Å². The molecule has 0 aliphatic heterocycles. The van der Waals surface area contributed by atoms with Gasteiger partial charge < -0.3 is 16.4 Å². The van der Waals surface area contributed by atoms with Gasteiger partial charge in [0.05, 0.1) is 17.1 Å². The molecule has 4 N–H and O–H groups in total. The Morgan fingerprint density at radius 3 is 2.57 bits per heavy atom. The van der Waals surface area contributed by atoms with Crippen LogP contribution in [0, 0.1) is 5.82 Å². The normalized spacial score (nSPS) is 10.8. The standard InChI is InChI=1S/C20H17FN6O/c1-27-17-11-23-10-16(18(17)19(22)26-27)12-5-7-14(8-6-12)24-20(28)25-15-4-2-3-13(21)9-15/h2-11H,1H3,(H2,22,26)(H2,24,25,28). The lowest BCUT2D eigenvalue weighted by atomic mass is 10.0. The summed E-state index contributed by atoms with van der Waals surface area (Å²) in [7, 11) is 1.81. The monoisotopic (exact) mass is 376 g/mol. The third-order valence-corrected chi connectivity index (χ3v) is 4.32. The van der Waals surface area contributed by atoms with Crippen LogP contribution in [-0.4, -0.2) is 20.8 Å². The largest absolute Gasteiger partial charge is 0.382 e. The summed E-state index contributed by atoms with van der Waals surface area (Å²) in [6, 6.07) is 12.5. The van der Waals surface area contributed by atoms with Crippen LogP contribution < -0.4 is 16.4 Å². The van der Waals surface area contributed by atoms with Crippen molar-refractivity contribution in [1.82, 2.24) is 14.8 Å². The highest BCUT2D eigenvalue weighted by molar-refractivity contribution is 6.02. The molecule has 28 heavy (non-hydrogen) atoms. The molecule has 0 fully saturated rings. The van der Waals surface area contributed by atoms with Crippen LogP contribution in [0.15, 0.2) is 60.9 Å². The Balaban J connectivity index is 1.54. The van der Waals surface area contributed by atoms with Crippen LogP contribution in [0.4, 0.5) is 26.4 Å². The van der Waals surface area contributed by atoms with E-state index in [4.69, 9.17) is 5.73 Å². The summed E-state index contributed by atoms with van der Waals surface area (Å²) in [6.07, 6.45) is 3.45.